The molecule has 7 heteroatoms. The first-order valence-electron chi connectivity index (χ1n) is 10.2. The quantitative estimate of drug-likeness (QED) is 0.769. The molecule has 7 nitrogen and oxygen atoms in total. The fourth-order valence-corrected chi connectivity index (χ4v) is 4.06. The molecule has 0 radical (unpaired) electrons. The number of benzene rings is 2. The average molecular weight is 407 g/mol. The summed E-state index contributed by atoms with van der Waals surface area (Å²) in [6, 6.07) is 13.0. The van der Waals surface area contributed by atoms with E-state index < -0.39 is 0 Å². The molecule has 4 rings (SSSR count). The van der Waals surface area contributed by atoms with Crippen LogP contribution < -0.4 is 20.3 Å². The number of hydrogen-bond acceptors (Lipinski definition) is 4. The molecular weight excluding hydrogens is 382 g/mol. The Bertz CT molecular complexity index is 988. The molecule has 1 fully saturated rings. The van der Waals surface area contributed by atoms with Crippen LogP contribution in [-0.4, -0.2) is 31.4 Å². The number of para-hydroxylation sites is 1. The van der Waals surface area contributed by atoms with Crippen LogP contribution in [0.4, 0.5) is 17.1 Å². The Kier molecular flexibility index (Phi) is 5.70. The maximum Gasteiger partial charge on any atom is 0.227 e. The highest BCUT2D eigenvalue weighted by Crippen LogP contribution is 2.34. The standard InChI is InChI=1S/C23H25N3O4/c1-30-20-14-17(9-10-19(20)26-12-4-7-22(26)28)24-21(27)11-8-16-13-15-5-2-3-6-18(15)25-23(16)29/h2-3,5-6,9-10,14,16H,4,7-8,11-13H2,1H3,(H,24,27)(H,25,29). The van der Waals surface area contributed by atoms with Gasteiger partial charge < -0.3 is 20.3 Å². The van der Waals surface area contributed by atoms with Gasteiger partial charge in [-0.25, -0.2) is 0 Å². The van der Waals surface area contributed by atoms with Crippen molar-refractivity contribution in [3.8, 4) is 5.75 Å². The van der Waals surface area contributed by atoms with Crippen molar-refractivity contribution in [3.63, 3.8) is 0 Å². The smallest absolute Gasteiger partial charge is 0.227 e. The summed E-state index contributed by atoms with van der Waals surface area (Å²) in [7, 11) is 1.55. The van der Waals surface area contributed by atoms with Crippen molar-refractivity contribution in [3.05, 3.63) is 48.0 Å². The van der Waals surface area contributed by atoms with E-state index in [1.807, 2.05) is 24.3 Å². The van der Waals surface area contributed by atoms with E-state index in [9.17, 15) is 14.4 Å². The van der Waals surface area contributed by atoms with Crippen molar-refractivity contribution >= 4 is 34.8 Å². The van der Waals surface area contributed by atoms with E-state index in [1.165, 1.54) is 0 Å². The van der Waals surface area contributed by atoms with Crippen molar-refractivity contribution in [2.24, 2.45) is 5.92 Å². The van der Waals surface area contributed by atoms with Gasteiger partial charge in [0.15, 0.2) is 0 Å². The van der Waals surface area contributed by atoms with Gasteiger partial charge in [-0.15, -0.1) is 0 Å². The Morgan fingerprint density at radius 2 is 2.07 bits per heavy atom. The molecule has 2 aromatic rings. The molecular formula is C23H25N3O4. The van der Waals surface area contributed by atoms with E-state index in [-0.39, 0.29) is 30.1 Å². The van der Waals surface area contributed by atoms with E-state index in [2.05, 4.69) is 10.6 Å². The second kappa shape index (κ2) is 8.57. The van der Waals surface area contributed by atoms with Crippen molar-refractivity contribution < 1.29 is 19.1 Å². The highest BCUT2D eigenvalue weighted by atomic mass is 16.5. The Hall–Kier alpha value is -3.35. The van der Waals surface area contributed by atoms with Gasteiger partial charge in [0.25, 0.3) is 0 Å². The Labute approximate surface area is 175 Å². The molecule has 2 heterocycles. The number of rotatable bonds is 6. The second-order valence-corrected chi connectivity index (χ2v) is 7.67. The molecule has 1 atom stereocenters. The Morgan fingerprint density at radius 1 is 1.23 bits per heavy atom. The summed E-state index contributed by atoms with van der Waals surface area (Å²) >= 11 is 0. The van der Waals surface area contributed by atoms with E-state index in [0.29, 0.717) is 37.2 Å². The van der Waals surface area contributed by atoms with Crippen LogP contribution in [0.1, 0.15) is 31.2 Å². The minimum atomic E-state index is -0.219. The number of methoxy groups -OCH3 is 1. The lowest BCUT2D eigenvalue weighted by molar-refractivity contribution is -0.121. The lowest BCUT2D eigenvalue weighted by Gasteiger charge is -2.24. The summed E-state index contributed by atoms with van der Waals surface area (Å²) in [6.07, 6.45) is 2.74. The molecule has 0 aromatic heterocycles. The molecule has 2 aliphatic rings. The highest BCUT2D eigenvalue weighted by molar-refractivity contribution is 5.98. The topological polar surface area (TPSA) is 87.7 Å². The fourth-order valence-electron chi connectivity index (χ4n) is 4.06. The average Bonchev–Trinajstić information content (AvgIpc) is 3.17. The third-order valence-electron chi connectivity index (χ3n) is 5.66. The van der Waals surface area contributed by atoms with Gasteiger partial charge in [0.05, 0.1) is 12.8 Å². The van der Waals surface area contributed by atoms with Crippen LogP contribution in [0.3, 0.4) is 0 Å². The molecule has 2 aromatic carbocycles. The van der Waals surface area contributed by atoms with Crippen molar-refractivity contribution in [2.45, 2.75) is 32.1 Å². The lowest BCUT2D eigenvalue weighted by atomic mass is 9.89. The first kappa shape index (κ1) is 19.9. The predicted octanol–water partition coefficient (Wildman–Crippen LogP) is 3.35. The first-order chi connectivity index (χ1) is 14.5. The number of carbonyl (C=O) groups excluding carboxylic acids is 3. The van der Waals surface area contributed by atoms with Crippen LogP contribution in [0.15, 0.2) is 42.5 Å². The van der Waals surface area contributed by atoms with Gasteiger partial charge in [-0.2, -0.15) is 0 Å². The number of fused-ring (bicyclic) bond motifs is 1. The maximum atomic E-state index is 12.5. The molecule has 1 saturated heterocycles. The van der Waals surface area contributed by atoms with Crippen LogP contribution in [0, 0.1) is 5.92 Å². The molecule has 3 amide bonds. The molecule has 0 bridgehead atoms. The predicted molar refractivity (Wildman–Crippen MR) is 115 cm³/mol. The molecule has 0 spiro atoms. The van der Waals surface area contributed by atoms with Crippen LogP contribution in [-0.2, 0) is 20.8 Å². The zero-order chi connectivity index (χ0) is 21.1. The second-order valence-electron chi connectivity index (χ2n) is 7.67. The summed E-state index contributed by atoms with van der Waals surface area (Å²) in [6.45, 7) is 0.674. The van der Waals surface area contributed by atoms with Gasteiger partial charge in [-0.1, -0.05) is 18.2 Å². The minimum Gasteiger partial charge on any atom is -0.494 e. The number of nitrogens with zero attached hydrogens (tertiary/aromatic N) is 1. The number of hydrogen-bond donors (Lipinski definition) is 2. The number of ether oxygens (including phenoxy) is 1. The summed E-state index contributed by atoms with van der Waals surface area (Å²) < 4.78 is 5.43. The van der Waals surface area contributed by atoms with Crippen molar-refractivity contribution in [1.29, 1.82) is 0 Å². The third kappa shape index (κ3) is 4.15. The Morgan fingerprint density at radius 3 is 2.83 bits per heavy atom. The lowest BCUT2D eigenvalue weighted by Crippen LogP contribution is -2.30. The minimum absolute atomic E-state index is 0.0391. The Balaban J connectivity index is 1.36. The van der Waals surface area contributed by atoms with E-state index in [0.717, 1.165) is 23.4 Å². The number of anilines is 3. The molecule has 2 N–H and O–H groups in total. The zero-order valence-corrected chi connectivity index (χ0v) is 16.9. The van der Waals surface area contributed by atoms with E-state index >= 15 is 0 Å². The molecule has 156 valence electrons. The highest BCUT2D eigenvalue weighted by Gasteiger charge is 2.27. The first-order valence-corrected chi connectivity index (χ1v) is 10.2. The van der Waals surface area contributed by atoms with Gasteiger partial charge in [0.2, 0.25) is 17.7 Å². The summed E-state index contributed by atoms with van der Waals surface area (Å²) in [5.41, 5.74) is 3.27. The largest absolute Gasteiger partial charge is 0.494 e. The molecule has 0 aliphatic carbocycles. The van der Waals surface area contributed by atoms with Crippen molar-refractivity contribution in [1.82, 2.24) is 0 Å². The monoisotopic (exact) mass is 407 g/mol. The number of carbonyl (C=O) groups is 3. The van der Waals surface area contributed by atoms with Crippen LogP contribution >= 0.6 is 0 Å². The van der Waals surface area contributed by atoms with Crippen molar-refractivity contribution in [2.75, 3.05) is 29.2 Å². The normalized spacial score (nSPS) is 18.0. The third-order valence-corrected chi connectivity index (χ3v) is 5.66. The van der Waals surface area contributed by atoms with Crippen LogP contribution in [0.25, 0.3) is 0 Å². The molecule has 30 heavy (non-hydrogen) atoms. The van der Waals surface area contributed by atoms with E-state index in [1.54, 1.807) is 30.2 Å². The van der Waals surface area contributed by atoms with Gasteiger partial charge in [0.1, 0.15) is 5.75 Å². The summed E-state index contributed by atoms with van der Waals surface area (Å²) in [4.78, 5) is 38.5. The van der Waals surface area contributed by atoms with Crippen LogP contribution in [0.2, 0.25) is 0 Å². The molecule has 2 aliphatic heterocycles. The molecule has 0 saturated carbocycles. The van der Waals surface area contributed by atoms with Gasteiger partial charge in [-0.05, 0) is 43.0 Å². The number of amides is 3. The van der Waals surface area contributed by atoms with Gasteiger partial charge >= 0.3 is 0 Å². The van der Waals surface area contributed by atoms with Gasteiger partial charge in [-0.3, -0.25) is 14.4 Å². The van der Waals surface area contributed by atoms with Gasteiger partial charge in [0, 0.05) is 42.7 Å². The molecule has 1 unspecified atom stereocenters. The zero-order valence-electron chi connectivity index (χ0n) is 16.9. The van der Waals surface area contributed by atoms with Crippen LogP contribution in [0.5, 0.6) is 5.75 Å². The fraction of sp³-hybridized carbons (Fsp3) is 0.348. The summed E-state index contributed by atoms with van der Waals surface area (Å²) in [5.74, 6) is 0.212. The number of nitrogens with one attached hydrogen (secondary N) is 2. The summed E-state index contributed by atoms with van der Waals surface area (Å²) in [5, 5.41) is 5.78. The SMILES string of the molecule is COc1cc(NC(=O)CCC2Cc3ccccc3NC2=O)ccc1N1CCCC1=O. The van der Waals surface area contributed by atoms with E-state index in [4.69, 9.17) is 4.74 Å². The maximum absolute atomic E-state index is 12.5.